The second-order valence-electron chi connectivity index (χ2n) is 6.06. The summed E-state index contributed by atoms with van der Waals surface area (Å²) in [5, 5.41) is 3.55. The van der Waals surface area contributed by atoms with Gasteiger partial charge >= 0.3 is 0 Å². The van der Waals surface area contributed by atoms with E-state index in [0.717, 1.165) is 25.0 Å². The summed E-state index contributed by atoms with van der Waals surface area (Å²) >= 11 is 5.90. The molecular formula is C18H25ClN2O3. The predicted molar refractivity (Wildman–Crippen MR) is 93.7 cm³/mol. The van der Waals surface area contributed by atoms with Crippen molar-refractivity contribution in [1.29, 1.82) is 0 Å². The fraction of sp³-hybridized carbons (Fsp3) is 0.556. The molecule has 0 aliphatic carbocycles. The Hall–Kier alpha value is -1.59. The number of carbonyl (C=O) groups is 2. The molecule has 1 aromatic carbocycles. The minimum Gasteiger partial charge on any atom is -0.376 e. The van der Waals surface area contributed by atoms with Gasteiger partial charge in [0.05, 0.1) is 6.10 Å². The first kappa shape index (κ1) is 18.7. The highest BCUT2D eigenvalue weighted by molar-refractivity contribution is 6.30. The third-order valence-corrected chi connectivity index (χ3v) is 4.52. The second-order valence-corrected chi connectivity index (χ2v) is 6.49. The molecule has 1 fully saturated rings. The summed E-state index contributed by atoms with van der Waals surface area (Å²) in [5.74, 6) is -0.203. The molecule has 0 bridgehead atoms. The highest BCUT2D eigenvalue weighted by Gasteiger charge is 2.26. The van der Waals surface area contributed by atoms with Gasteiger partial charge in [-0.1, -0.05) is 30.7 Å². The van der Waals surface area contributed by atoms with Gasteiger partial charge < -0.3 is 15.0 Å². The molecule has 6 heteroatoms. The van der Waals surface area contributed by atoms with E-state index in [1.165, 1.54) is 0 Å². The molecule has 2 amide bonds. The van der Waals surface area contributed by atoms with E-state index < -0.39 is 6.04 Å². The van der Waals surface area contributed by atoms with Crippen LogP contribution in [0.25, 0.3) is 0 Å². The molecule has 1 aliphatic heterocycles. The topological polar surface area (TPSA) is 58.6 Å². The van der Waals surface area contributed by atoms with Crippen LogP contribution in [0.15, 0.2) is 24.3 Å². The molecule has 132 valence electrons. The van der Waals surface area contributed by atoms with Crippen molar-refractivity contribution < 1.29 is 14.3 Å². The fourth-order valence-electron chi connectivity index (χ4n) is 2.74. The van der Waals surface area contributed by atoms with E-state index in [9.17, 15) is 9.59 Å². The Kier molecular flexibility index (Phi) is 7.06. The van der Waals surface area contributed by atoms with E-state index in [1.54, 1.807) is 30.9 Å². The van der Waals surface area contributed by atoms with E-state index in [4.69, 9.17) is 16.3 Å². The lowest BCUT2D eigenvalue weighted by atomic mass is 10.1. The Balaban J connectivity index is 1.98. The number of benzene rings is 1. The quantitative estimate of drug-likeness (QED) is 0.820. The summed E-state index contributed by atoms with van der Waals surface area (Å²) in [6.45, 7) is 5.20. The molecule has 1 saturated heterocycles. The average Bonchev–Trinajstić information content (AvgIpc) is 3.11. The molecule has 0 aromatic heterocycles. The maximum atomic E-state index is 12.4. The molecule has 5 nitrogen and oxygen atoms in total. The first-order chi connectivity index (χ1) is 11.5. The molecule has 2 atom stereocenters. The number of hydrogen-bond donors (Lipinski definition) is 1. The van der Waals surface area contributed by atoms with Crippen LogP contribution in [0, 0.1) is 0 Å². The highest BCUT2D eigenvalue weighted by atomic mass is 35.5. The van der Waals surface area contributed by atoms with Gasteiger partial charge in [0.1, 0.15) is 6.04 Å². The summed E-state index contributed by atoms with van der Waals surface area (Å²) < 4.78 is 5.51. The molecule has 0 saturated carbocycles. The molecule has 0 radical (unpaired) electrons. The average molecular weight is 353 g/mol. The second kappa shape index (κ2) is 9.04. The molecule has 1 aliphatic rings. The van der Waals surface area contributed by atoms with Crippen LogP contribution in [0.5, 0.6) is 0 Å². The minimum atomic E-state index is -0.533. The summed E-state index contributed by atoms with van der Waals surface area (Å²) in [6.07, 6.45) is 2.45. The van der Waals surface area contributed by atoms with Gasteiger partial charge in [-0.05, 0) is 37.5 Å². The Morgan fingerprint density at radius 3 is 2.67 bits per heavy atom. The molecule has 0 spiro atoms. The van der Waals surface area contributed by atoms with Crippen molar-refractivity contribution in [3.05, 3.63) is 34.9 Å². The van der Waals surface area contributed by atoms with E-state index in [2.05, 4.69) is 5.32 Å². The standard InChI is InChI=1S/C18H25ClN2O3/c1-3-17(22)21(12-14-6-8-15(19)9-7-14)13(2)18(23)20-11-16-5-4-10-24-16/h6-9,13,16H,3-5,10-12H2,1-2H3,(H,20,23)/t13-,16+/m0/s1. The monoisotopic (exact) mass is 352 g/mol. The third kappa shape index (κ3) is 5.21. The molecule has 1 aromatic rings. The Morgan fingerprint density at radius 1 is 1.38 bits per heavy atom. The zero-order valence-corrected chi connectivity index (χ0v) is 15.0. The maximum absolute atomic E-state index is 12.4. The lowest BCUT2D eigenvalue weighted by Gasteiger charge is -2.28. The van der Waals surface area contributed by atoms with Gasteiger partial charge in [0, 0.05) is 31.1 Å². The van der Waals surface area contributed by atoms with E-state index in [0.29, 0.717) is 24.5 Å². The highest BCUT2D eigenvalue weighted by Crippen LogP contribution is 2.15. The lowest BCUT2D eigenvalue weighted by molar-refractivity contribution is -0.140. The van der Waals surface area contributed by atoms with Crippen molar-refractivity contribution in [2.45, 2.75) is 51.8 Å². The van der Waals surface area contributed by atoms with Crippen LogP contribution in [0.4, 0.5) is 0 Å². The minimum absolute atomic E-state index is 0.0512. The smallest absolute Gasteiger partial charge is 0.242 e. The number of ether oxygens (including phenoxy) is 1. The maximum Gasteiger partial charge on any atom is 0.242 e. The van der Waals surface area contributed by atoms with E-state index >= 15 is 0 Å². The van der Waals surface area contributed by atoms with Crippen LogP contribution in [0.1, 0.15) is 38.7 Å². The van der Waals surface area contributed by atoms with Crippen molar-refractivity contribution in [2.75, 3.05) is 13.2 Å². The number of hydrogen-bond acceptors (Lipinski definition) is 3. The van der Waals surface area contributed by atoms with Gasteiger partial charge in [0.2, 0.25) is 11.8 Å². The molecule has 0 unspecified atom stereocenters. The summed E-state index contributed by atoms with van der Waals surface area (Å²) in [5.41, 5.74) is 0.944. The summed E-state index contributed by atoms with van der Waals surface area (Å²) in [6, 6.07) is 6.78. The fourth-order valence-corrected chi connectivity index (χ4v) is 2.87. The van der Waals surface area contributed by atoms with Crippen molar-refractivity contribution in [2.24, 2.45) is 0 Å². The lowest BCUT2D eigenvalue weighted by Crippen LogP contribution is -2.48. The summed E-state index contributed by atoms with van der Waals surface area (Å²) in [7, 11) is 0. The molecule has 2 rings (SSSR count). The third-order valence-electron chi connectivity index (χ3n) is 4.26. The van der Waals surface area contributed by atoms with Gasteiger partial charge in [-0.15, -0.1) is 0 Å². The van der Waals surface area contributed by atoms with Crippen molar-refractivity contribution in [1.82, 2.24) is 10.2 Å². The zero-order chi connectivity index (χ0) is 17.5. The Labute approximate surface area is 148 Å². The van der Waals surface area contributed by atoms with Crippen LogP contribution < -0.4 is 5.32 Å². The number of carbonyl (C=O) groups excluding carboxylic acids is 2. The number of rotatable bonds is 7. The first-order valence-corrected chi connectivity index (χ1v) is 8.82. The Morgan fingerprint density at radius 2 is 2.08 bits per heavy atom. The summed E-state index contributed by atoms with van der Waals surface area (Å²) in [4.78, 5) is 26.3. The molecular weight excluding hydrogens is 328 g/mol. The van der Waals surface area contributed by atoms with Crippen molar-refractivity contribution >= 4 is 23.4 Å². The van der Waals surface area contributed by atoms with Crippen LogP contribution >= 0.6 is 11.6 Å². The van der Waals surface area contributed by atoms with Gasteiger partial charge in [-0.25, -0.2) is 0 Å². The van der Waals surface area contributed by atoms with Crippen molar-refractivity contribution in [3.8, 4) is 0 Å². The number of nitrogens with one attached hydrogen (secondary N) is 1. The SMILES string of the molecule is CCC(=O)N(Cc1ccc(Cl)cc1)[C@@H](C)C(=O)NC[C@H]1CCCO1. The van der Waals surface area contributed by atoms with Crippen LogP contribution in [0.3, 0.4) is 0 Å². The van der Waals surface area contributed by atoms with Crippen LogP contribution in [-0.2, 0) is 20.9 Å². The van der Waals surface area contributed by atoms with Gasteiger partial charge in [0.25, 0.3) is 0 Å². The predicted octanol–water partition coefficient (Wildman–Crippen LogP) is 2.76. The zero-order valence-electron chi connectivity index (χ0n) is 14.3. The largest absolute Gasteiger partial charge is 0.376 e. The first-order valence-electron chi connectivity index (χ1n) is 8.44. The number of nitrogens with zero attached hydrogens (tertiary/aromatic N) is 1. The van der Waals surface area contributed by atoms with Crippen molar-refractivity contribution in [3.63, 3.8) is 0 Å². The van der Waals surface area contributed by atoms with Gasteiger partial charge in [-0.2, -0.15) is 0 Å². The molecule has 1 N–H and O–H groups in total. The number of halogens is 1. The van der Waals surface area contributed by atoms with E-state index in [1.807, 2.05) is 12.1 Å². The Bertz CT molecular complexity index is 556. The van der Waals surface area contributed by atoms with Crippen LogP contribution in [-0.4, -0.2) is 42.0 Å². The van der Waals surface area contributed by atoms with Crippen LogP contribution in [0.2, 0.25) is 5.02 Å². The van der Waals surface area contributed by atoms with Gasteiger partial charge in [0.15, 0.2) is 0 Å². The number of amides is 2. The molecule has 24 heavy (non-hydrogen) atoms. The molecule has 1 heterocycles. The normalized spacial score (nSPS) is 18.2. The van der Waals surface area contributed by atoms with Gasteiger partial charge in [-0.3, -0.25) is 9.59 Å². The van der Waals surface area contributed by atoms with E-state index in [-0.39, 0.29) is 17.9 Å².